The monoisotopic (exact) mass is 456 g/mol. The highest BCUT2D eigenvalue weighted by Gasteiger charge is 2.26. The van der Waals surface area contributed by atoms with Gasteiger partial charge in [0.2, 0.25) is 0 Å². The van der Waals surface area contributed by atoms with Crippen LogP contribution in [0.15, 0.2) is 18.3 Å². The summed E-state index contributed by atoms with van der Waals surface area (Å²) < 4.78 is 17.5. The van der Waals surface area contributed by atoms with Gasteiger partial charge in [-0.25, -0.2) is 4.98 Å². The van der Waals surface area contributed by atoms with Gasteiger partial charge in [0, 0.05) is 43.9 Å². The lowest BCUT2D eigenvalue weighted by Gasteiger charge is -2.34. The Bertz CT molecular complexity index is 990. The van der Waals surface area contributed by atoms with Crippen LogP contribution in [-0.2, 0) is 14.2 Å². The molecule has 1 aromatic heterocycles. The number of fused-ring (bicyclic) bond motifs is 1. The Morgan fingerprint density at radius 1 is 1.21 bits per heavy atom. The SMILES string of the molecule is CC(O)c1cc(C(=O)N2CCC2)cc2ncc(N3CCOC(COC4CCCCO4)C3)nc12. The van der Waals surface area contributed by atoms with Crippen molar-refractivity contribution in [1.29, 1.82) is 0 Å². The number of benzene rings is 1. The number of aromatic nitrogens is 2. The number of hydrogen-bond donors (Lipinski definition) is 1. The quantitative estimate of drug-likeness (QED) is 0.707. The highest BCUT2D eigenvalue weighted by molar-refractivity contribution is 5.98. The van der Waals surface area contributed by atoms with Gasteiger partial charge in [-0.3, -0.25) is 9.78 Å². The first-order chi connectivity index (χ1) is 16.1. The zero-order valence-electron chi connectivity index (χ0n) is 19.1. The lowest BCUT2D eigenvalue weighted by Crippen LogP contribution is -2.45. The minimum absolute atomic E-state index is 0.0195. The summed E-state index contributed by atoms with van der Waals surface area (Å²) in [5, 5.41) is 10.4. The molecule has 1 N–H and O–H groups in total. The lowest BCUT2D eigenvalue weighted by molar-refractivity contribution is -0.180. The van der Waals surface area contributed by atoms with Gasteiger partial charge in [0.15, 0.2) is 6.29 Å². The molecule has 1 amide bonds. The van der Waals surface area contributed by atoms with Crippen molar-refractivity contribution in [3.63, 3.8) is 0 Å². The van der Waals surface area contributed by atoms with Crippen molar-refractivity contribution in [2.75, 3.05) is 50.9 Å². The number of anilines is 1. The van der Waals surface area contributed by atoms with Gasteiger partial charge in [-0.15, -0.1) is 0 Å². The van der Waals surface area contributed by atoms with Crippen molar-refractivity contribution in [3.8, 4) is 0 Å². The molecule has 0 radical (unpaired) electrons. The van der Waals surface area contributed by atoms with E-state index in [2.05, 4.69) is 9.88 Å². The molecular weight excluding hydrogens is 424 g/mol. The van der Waals surface area contributed by atoms with E-state index < -0.39 is 6.10 Å². The van der Waals surface area contributed by atoms with Gasteiger partial charge in [-0.05, 0) is 44.7 Å². The van der Waals surface area contributed by atoms with Crippen LogP contribution < -0.4 is 4.90 Å². The molecule has 0 bridgehead atoms. The van der Waals surface area contributed by atoms with E-state index in [0.717, 1.165) is 51.2 Å². The minimum Gasteiger partial charge on any atom is -0.389 e. The molecule has 3 aliphatic rings. The maximum Gasteiger partial charge on any atom is 0.253 e. The summed E-state index contributed by atoms with van der Waals surface area (Å²) in [6, 6.07) is 3.53. The summed E-state index contributed by atoms with van der Waals surface area (Å²) in [6.07, 6.45) is 4.95. The van der Waals surface area contributed by atoms with Crippen LogP contribution in [0, 0.1) is 0 Å². The van der Waals surface area contributed by atoms with E-state index in [4.69, 9.17) is 19.2 Å². The van der Waals surface area contributed by atoms with Gasteiger partial charge in [-0.2, -0.15) is 0 Å². The van der Waals surface area contributed by atoms with E-state index in [1.807, 2.05) is 4.90 Å². The molecular formula is C24H32N4O5. The minimum atomic E-state index is -0.762. The molecule has 2 aromatic rings. The van der Waals surface area contributed by atoms with Gasteiger partial charge in [0.25, 0.3) is 5.91 Å². The van der Waals surface area contributed by atoms with Crippen molar-refractivity contribution in [2.45, 2.75) is 51.1 Å². The van der Waals surface area contributed by atoms with E-state index in [9.17, 15) is 9.90 Å². The van der Waals surface area contributed by atoms with Crippen LogP contribution in [0.1, 0.15) is 54.6 Å². The number of morpholine rings is 1. The second kappa shape index (κ2) is 9.89. The van der Waals surface area contributed by atoms with Crippen LogP contribution >= 0.6 is 0 Å². The molecule has 3 aliphatic heterocycles. The van der Waals surface area contributed by atoms with Crippen LogP contribution in [0.5, 0.6) is 0 Å². The van der Waals surface area contributed by atoms with Crippen LogP contribution in [0.2, 0.25) is 0 Å². The van der Waals surface area contributed by atoms with E-state index in [0.29, 0.717) is 48.5 Å². The summed E-state index contributed by atoms with van der Waals surface area (Å²) in [6.45, 7) is 6.40. The fraction of sp³-hybridized carbons (Fsp3) is 0.625. The third kappa shape index (κ3) is 4.96. The number of carbonyl (C=O) groups excluding carboxylic acids is 1. The van der Waals surface area contributed by atoms with Crippen LogP contribution in [0.3, 0.4) is 0 Å². The van der Waals surface area contributed by atoms with E-state index in [-0.39, 0.29) is 18.3 Å². The summed E-state index contributed by atoms with van der Waals surface area (Å²) >= 11 is 0. The van der Waals surface area contributed by atoms with Crippen molar-refractivity contribution < 1.29 is 24.1 Å². The Balaban J connectivity index is 1.33. The highest BCUT2D eigenvalue weighted by Crippen LogP contribution is 2.28. The van der Waals surface area contributed by atoms with Gasteiger partial charge >= 0.3 is 0 Å². The predicted molar refractivity (Wildman–Crippen MR) is 122 cm³/mol. The predicted octanol–water partition coefficient (Wildman–Crippen LogP) is 2.28. The largest absolute Gasteiger partial charge is 0.389 e. The van der Waals surface area contributed by atoms with Crippen LogP contribution in [0.4, 0.5) is 5.82 Å². The number of ether oxygens (including phenoxy) is 3. The molecule has 9 nitrogen and oxygen atoms in total. The molecule has 178 valence electrons. The maximum absolute atomic E-state index is 12.7. The molecule has 3 unspecified atom stereocenters. The van der Waals surface area contributed by atoms with E-state index in [1.54, 1.807) is 25.3 Å². The standard InChI is InChI=1S/C24H32N4O5/c1-16(29)19-11-17(24(30)27-6-4-7-27)12-20-23(19)26-21(13-25-20)28-8-10-31-18(14-28)15-33-22-5-2-3-9-32-22/h11-13,16,18,22,29H,2-10,14-15H2,1H3. The van der Waals surface area contributed by atoms with Gasteiger partial charge in [0.1, 0.15) is 5.82 Å². The zero-order chi connectivity index (χ0) is 22.8. The average Bonchev–Trinajstić information content (AvgIpc) is 2.81. The zero-order valence-corrected chi connectivity index (χ0v) is 19.1. The fourth-order valence-electron chi connectivity index (χ4n) is 4.51. The molecule has 9 heteroatoms. The Hall–Kier alpha value is -2.33. The molecule has 1 aromatic carbocycles. The normalized spacial score (nSPS) is 24.5. The van der Waals surface area contributed by atoms with Crippen molar-refractivity contribution in [3.05, 3.63) is 29.5 Å². The third-order valence-corrected chi connectivity index (χ3v) is 6.57. The molecule has 0 spiro atoms. The van der Waals surface area contributed by atoms with E-state index in [1.165, 1.54) is 0 Å². The molecule has 5 rings (SSSR count). The first-order valence-corrected chi connectivity index (χ1v) is 12.0. The van der Waals surface area contributed by atoms with Crippen molar-refractivity contribution >= 4 is 22.8 Å². The fourth-order valence-corrected chi connectivity index (χ4v) is 4.51. The molecule has 3 fully saturated rings. The van der Waals surface area contributed by atoms with Gasteiger partial charge < -0.3 is 29.1 Å². The summed E-state index contributed by atoms with van der Waals surface area (Å²) in [5.74, 6) is 0.710. The second-order valence-corrected chi connectivity index (χ2v) is 9.05. The summed E-state index contributed by atoms with van der Waals surface area (Å²) in [5.41, 5.74) is 2.41. The molecule has 3 atom stereocenters. The first kappa shape index (κ1) is 22.5. The van der Waals surface area contributed by atoms with Crippen LogP contribution in [-0.4, -0.2) is 84.3 Å². The van der Waals surface area contributed by atoms with Gasteiger partial charge in [0.05, 0.1) is 42.7 Å². The number of aliphatic hydroxyl groups is 1. The Morgan fingerprint density at radius 2 is 2.09 bits per heavy atom. The van der Waals surface area contributed by atoms with Crippen molar-refractivity contribution in [2.24, 2.45) is 0 Å². The third-order valence-electron chi connectivity index (χ3n) is 6.57. The molecule has 4 heterocycles. The topological polar surface area (TPSA) is 97.3 Å². The van der Waals surface area contributed by atoms with Crippen molar-refractivity contribution in [1.82, 2.24) is 14.9 Å². The molecule has 33 heavy (non-hydrogen) atoms. The summed E-state index contributed by atoms with van der Waals surface area (Å²) in [4.78, 5) is 26.1. The molecule has 0 aliphatic carbocycles. The number of carbonyl (C=O) groups is 1. The Labute approximate surface area is 193 Å². The number of aliphatic hydroxyl groups excluding tert-OH is 1. The lowest BCUT2D eigenvalue weighted by atomic mass is 10.0. The number of nitrogens with zero attached hydrogens (tertiary/aromatic N) is 4. The number of likely N-dealkylation sites (tertiary alicyclic amines) is 1. The number of hydrogen-bond acceptors (Lipinski definition) is 8. The molecule has 0 saturated carbocycles. The maximum atomic E-state index is 12.7. The molecule has 3 saturated heterocycles. The smallest absolute Gasteiger partial charge is 0.253 e. The number of rotatable bonds is 6. The second-order valence-electron chi connectivity index (χ2n) is 9.05. The number of amides is 1. The highest BCUT2D eigenvalue weighted by atomic mass is 16.7. The van der Waals surface area contributed by atoms with E-state index >= 15 is 0 Å². The summed E-state index contributed by atoms with van der Waals surface area (Å²) in [7, 11) is 0. The Morgan fingerprint density at radius 3 is 2.82 bits per heavy atom. The van der Waals surface area contributed by atoms with Crippen LogP contribution in [0.25, 0.3) is 11.0 Å². The average molecular weight is 457 g/mol. The first-order valence-electron chi connectivity index (χ1n) is 12.0. The Kier molecular flexibility index (Phi) is 6.73. The van der Waals surface area contributed by atoms with Gasteiger partial charge in [-0.1, -0.05) is 0 Å².